The third-order valence-electron chi connectivity index (χ3n) is 5.02. The highest BCUT2D eigenvalue weighted by Crippen LogP contribution is 2.13. The van der Waals surface area contributed by atoms with E-state index in [4.69, 9.17) is 4.99 Å². The third kappa shape index (κ3) is 6.46. The number of benzene rings is 2. The number of guanidine groups is 1. The molecule has 1 heterocycles. The van der Waals surface area contributed by atoms with Gasteiger partial charge < -0.3 is 20.3 Å². The van der Waals surface area contributed by atoms with E-state index in [1.54, 1.807) is 0 Å². The molecule has 3 N–H and O–H groups in total. The number of aromatic nitrogens is 2. The van der Waals surface area contributed by atoms with Crippen LogP contribution in [0.25, 0.3) is 0 Å². The third-order valence-corrected chi connectivity index (χ3v) is 5.02. The summed E-state index contributed by atoms with van der Waals surface area (Å²) in [7, 11) is 0. The summed E-state index contributed by atoms with van der Waals surface area (Å²) in [5.41, 5.74) is 2.42. The standard InChI is InChI=1S/C24H31N5O/c1-2-25-24(27-17-22(19-30)21-11-7-4-8-12-21)28-18-23-26-14-16-29(23)15-13-20-9-5-3-6-10-20/h3-12,14,16,22,30H,2,13,15,17-19H2,1H3,(H2,25,27,28). The van der Waals surface area contributed by atoms with Crippen molar-refractivity contribution in [3.8, 4) is 0 Å². The summed E-state index contributed by atoms with van der Waals surface area (Å²) in [6.07, 6.45) is 4.79. The number of aryl methyl sites for hydroxylation is 2. The van der Waals surface area contributed by atoms with E-state index < -0.39 is 0 Å². The van der Waals surface area contributed by atoms with Gasteiger partial charge in [0, 0.05) is 37.9 Å². The molecule has 0 aliphatic carbocycles. The Balaban J connectivity index is 1.59. The zero-order valence-corrected chi connectivity index (χ0v) is 17.5. The van der Waals surface area contributed by atoms with E-state index >= 15 is 0 Å². The maximum atomic E-state index is 9.78. The van der Waals surface area contributed by atoms with Crippen LogP contribution in [0.3, 0.4) is 0 Å². The summed E-state index contributed by atoms with van der Waals surface area (Å²) in [6.45, 7) is 4.86. The first kappa shape index (κ1) is 21.6. The van der Waals surface area contributed by atoms with Crippen LogP contribution in [-0.2, 0) is 19.5 Å². The molecule has 0 saturated heterocycles. The van der Waals surface area contributed by atoms with Gasteiger partial charge in [0.05, 0.1) is 6.61 Å². The van der Waals surface area contributed by atoms with Crippen molar-refractivity contribution in [2.75, 3.05) is 19.7 Å². The van der Waals surface area contributed by atoms with Crippen molar-refractivity contribution in [1.29, 1.82) is 0 Å². The Morgan fingerprint density at radius 2 is 1.80 bits per heavy atom. The zero-order valence-electron chi connectivity index (χ0n) is 17.5. The van der Waals surface area contributed by atoms with E-state index in [0.29, 0.717) is 13.1 Å². The number of aliphatic hydroxyl groups excluding tert-OH is 1. The number of hydrogen-bond donors (Lipinski definition) is 3. The first-order chi connectivity index (χ1) is 14.8. The van der Waals surface area contributed by atoms with E-state index in [1.807, 2.05) is 55.7 Å². The number of rotatable bonds is 10. The molecule has 0 fully saturated rings. The molecule has 1 atom stereocenters. The Kier molecular flexibility index (Phi) is 8.47. The van der Waals surface area contributed by atoms with Gasteiger partial charge in [-0.15, -0.1) is 0 Å². The molecule has 0 aliphatic heterocycles. The van der Waals surface area contributed by atoms with Crippen LogP contribution in [0.1, 0.15) is 29.8 Å². The van der Waals surface area contributed by atoms with E-state index in [1.165, 1.54) is 5.56 Å². The number of aliphatic imine (C=N–C) groups is 1. The lowest BCUT2D eigenvalue weighted by molar-refractivity contribution is 0.265. The maximum Gasteiger partial charge on any atom is 0.191 e. The van der Waals surface area contributed by atoms with Crippen molar-refractivity contribution < 1.29 is 5.11 Å². The number of nitrogens with one attached hydrogen (secondary N) is 2. The quantitative estimate of drug-likeness (QED) is 0.358. The Labute approximate surface area is 178 Å². The molecule has 0 amide bonds. The fraction of sp³-hybridized carbons (Fsp3) is 0.333. The van der Waals surface area contributed by atoms with Gasteiger partial charge >= 0.3 is 0 Å². The minimum atomic E-state index is 0.0166. The largest absolute Gasteiger partial charge is 0.396 e. The SMILES string of the molecule is CCNC(=NCc1nccn1CCc1ccccc1)NCC(CO)c1ccccc1. The summed E-state index contributed by atoms with van der Waals surface area (Å²) in [6, 6.07) is 20.5. The summed E-state index contributed by atoms with van der Waals surface area (Å²) in [5, 5.41) is 16.4. The first-order valence-corrected chi connectivity index (χ1v) is 10.5. The van der Waals surface area contributed by atoms with Crippen molar-refractivity contribution in [3.63, 3.8) is 0 Å². The molecule has 0 bridgehead atoms. The average Bonchev–Trinajstić information content (AvgIpc) is 3.25. The molecular weight excluding hydrogens is 374 g/mol. The lowest BCUT2D eigenvalue weighted by Crippen LogP contribution is -2.40. The average molecular weight is 406 g/mol. The van der Waals surface area contributed by atoms with Crippen molar-refractivity contribution in [3.05, 3.63) is 90.0 Å². The predicted molar refractivity (Wildman–Crippen MR) is 121 cm³/mol. The molecule has 0 saturated carbocycles. The van der Waals surface area contributed by atoms with Gasteiger partial charge in [0.1, 0.15) is 12.4 Å². The topological polar surface area (TPSA) is 74.5 Å². The molecule has 0 radical (unpaired) electrons. The lowest BCUT2D eigenvalue weighted by Gasteiger charge is -2.18. The van der Waals surface area contributed by atoms with Crippen LogP contribution in [0.2, 0.25) is 0 Å². The second kappa shape index (κ2) is 11.8. The minimum Gasteiger partial charge on any atom is -0.396 e. The number of nitrogens with zero attached hydrogens (tertiary/aromatic N) is 3. The Bertz CT molecular complexity index is 892. The van der Waals surface area contributed by atoms with Gasteiger partial charge in [-0.1, -0.05) is 60.7 Å². The van der Waals surface area contributed by atoms with Crippen LogP contribution >= 0.6 is 0 Å². The van der Waals surface area contributed by atoms with Crippen LogP contribution in [0.5, 0.6) is 0 Å². The van der Waals surface area contributed by atoms with Gasteiger partial charge in [-0.3, -0.25) is 0 Å². The fourth-order valence-corrected chi connectivity index (χ4v) is 3.31. The van der Waals surface area contributed by atoms with Crippen LogP contribution < -0.4 is 10.6 Å². The highest BCUT2D eigenvalue weighted by molar-refractivity contribution is 5.79. The van der Waals surface area contributed by atoms with Gasteiger partial charge in [0.25, 0.3) is 0 Å². The highest BCUT2D eigenvalue weighted by atomic mass is 16.3. The van der Waals surface area contributed by atoms with Crippen molar-refractivity contribution in [2.24, 2.45) is 4.99 Å². The molecular formula is C24H31N5O. The minimum absolute atomic E-state index is 0.0166. The summed E-state index contributed by atoms with van der Waals surface area (Å²) in [5.74, 6) is 1.68. The van der Waals surface area contributed by atoms with Crippen LogP contribution in [0.4, 0.5) is 0 Å². The molecule has 1 unspecified atom stereocenters. The molecule has 0 aliphatic rings. The van der Waals surface area contributed by atoms with Crippen molar-refractivity contribution in [1.82, 2.24) is 20.2 Å². The summed E-state index contributed by atoms with van der Waals surface area (Å²) in [4.78, 5) is 9.18. The maximum absolute atomic E-state index is 9.78. The van der Waals surface area contributed by atoms with E-state index in [0.717, 1.165) is 36.9 Å². The second-order valence-corrected chi connectivity index (χ2v) is 7.14. The van der Waals surface area contributed by atoms with Gasteiger partial charge in [-0.2, -0.15) is 0 Å². The van der Waals surface area contributed by atoms with Gasteiger partial charge in [0.15, 0.2) is 5.96 Å². The van der Waals surface area contributed by atoms with Crippen LogP contribution in [0.15, 0.2) is 78.0 Å². The number of hydrogen-bond acceptors (Lipinski definition) is 3. The highest BCUT2D eigenvalue weighted by Gasteiger charge is 2.11. The monoisotopic (exact) mass is 405 g/mol. The van der Waals surface area contributed by atoms with E-state index in [9.17, 15) is 5.11 Å². The molecule has 1 aromatic heterocycles. The fourth-order valence-electron chi connectivity index (χ4n) is 3.31. The normalized spacial score (nSPS) is 12.5. The Morgan fingerprint density at radius 3 is 2.50 bits per heavy atom. The molecule has 0 spiro atoms. The smallest absolute Gasteiger partial charge is 0.191 e. The molecule has 30 heavy (non-hydrogen) atoms. The van der Waals surface area contributed by atoms with Gasteiger partial charge in [-0.25, -0.2) is 9.98 Å². The van der Waals surface area contributed by atoms with Crippen LogP contribution in [-0.4, -0.2) is 40.3 Å². The summed E-state index contributed by atoms with van der Waals surface area (Å²) >= 11 is 0. The molecule has 158 valence electrons. The van der Waals surface area contributed by atoms with E-state index in [2.05, 4.69) is 44.5 Å². The lowest BCUT2D eigenvalue weighted by atomic mass is 10.0. The number of aliphatic hydroxyl groups is 1. The number of imidazole rings is 1. The van der Waals surface area contributed by atoms with E-state index in [-0.39, 0.29) is 12.5 Å². The molecule has 2 aromatic carbocycles. The van der Waals surface area contributed by atoms with Gasteiger partial charge in [0.2, 0.25) is 0 Å². The predicted octanol–water partition coefficient (Wildman–Crippen LogP) is 2.96. The molecule has 6 nitrogen and oxygen atoms in total. The molecule has 3 rings (SSSR count). The Morgan fingerprint density at radius 1 is 1.07 bits per heavy atom. The first-order valence-electron chi connectivity index (χ1n) is 10.5. The van der Waals surface area contributed by atoms with Crippen molar-refractivity contribution in [2.45, 2.75) is 32.4 Å². The second-order valence-electron chi connectivity index (χ2n) is 7.14. The zero-order chi connectivity index (χ0) is 21.0. The van der Waals surface area contributed by atoms with Crippen molar-refractivity contribution >= 4 is 5.96 Å². The van der Waals surface area contributed by atoms with Crippen LogP contribution in [0, 0.1) is 0 Å². The Hall–Kier alpha value is -3.12. The molecule has 6 heteroatoms. The molecule has 3 aromatic rings. The van der Waals surface area contributed by atoms with Gasteiger partial charge in [-0.05, 0) is 24.5 Å². The summed E-state index contributed by atoms with van der Waals surface area (Å²) < 4.78 is 2.15.